The van der Waals surface area contributed by atoms with E-state index in [0.29, 0.717) is 9.50 Å². The van der Waals surface area contributed by atoms with Gasteiger partial charge in [-0.2, -0.15) is 5.10 Å². The quantitative estimate of drug-likeness (QED) is 0.885. The number of carbonyl (C=O) groups is 1. The number of amides is 1. The number of nitrogens with one attached hydrogen (secondary N) is 1. The normalized spacial score (nSPS) is 11.3. The van der Waals surface area contributed by atoms with E-state index >= 15 is 0 Å². The molecule has 0 aliphatic carbocycles. The molecule has 0 saturated carbocycles. The molecule has 106 valence electrons. The van der Waals surface area contributed by atoms with Gasteiger partial charge < -0.3 is 0 Å². The van der Waals surface area contributed by atoms with Gasteiger partial charge in [0.05, 0.1) is 11.8 Å². The fourth-order valence-electron chi connectivity index (χ4n) is 1.44. The monoisotopic (exact) mass is 377 g/mol. The van der Waals surface area contributed by atoms with Gasteiger partial charge in [-0.05, 0) is 34.1 Å². The number of hydrogen-bond donors (Lipinski definition) is 1. The molecule has 20 heavy (non-hydrogen) atoms. The first-order valence-corrected chi connectivity index (χ1v) is 7.96. The molecule has 0 radical (unpaired) electrons. The first-order chi connectivity index (χ1) is 9.29. The SMILES string of the molecule is Cn1cc(S(=O)(=O)NC(=O)c2cc(Cl)ccc2Br)cn1. The van der Waals surface area contributed by atoms with Crippen LogP contribution in [0.25, 0.3) is 0 Å². The van der Waals surface area contributed by atoms with E-state index < -0.39 is 15.9 Å². The van der Waals surface area contributed by atoms with Crippen molar-refractivity contribution in [2.24, 2.45) is 7.05 Å². The van der Waals surface area contributed by atoms with Gasteiger partial charge in [0.1, 0.15) is 4.90 Å². The van der Waals surface area contributed by atoms with E-state index in [0.717, 1.165) is 6.20 Å². The molecule has 0 aliphatic rings. The molecule has 2 rings (SSSR count). The first-order valence-electron chi connectivity index (χ1n) is 5.30. The Hall–Kier alpha value is -1.38. The van der Waals surface area contributed by atoms with Crippen LogP contribution in [0.5, 0.6) is 0 Å². The minimum atomic E-state index is -3.96. The molecular weight excluding hydrogens is 370 g/mol. The van der Waals surface area contributed by atoms with Gasteiger partial charge in [-0.15, -0.1) is 0 Å². The van der Waals surface area contributed by atoms with Crippen LogP contribution in [0.15, 0.2) is 40.0 Å². The standard InChI is InChI=1S/C11H9BrClN3O3S/c1-16-6-8(5-14-16)20(18,19)15-11(17)9-4-7(13)2-3-10(9)12/h2-6H,1H3,(H,15,17). The van der Waals surface area contributed by atoms with Crippen molar-refractivity contribution in [3.63, 3.8) is 0 Å². The van der Waals surface area contributed by atoms with E-state index in [4.69, 9.17) is 11.6 Å². The Labute approximate surface area is 128 Å². The lowest BCUT2D eigenvalue weighted by atomic mass is 10.2. The summed E-state index contributed by atoms with van der Waals surface area (Å²) in [5.74, 6) is -0.775. The lowest BCUT2D eigenvalue weighted by Gasteiger charge is -2.07. The van der Waals surface area contributed by atoms with E-state index in [1.54, 1.807) is 19.2 Å². The van der Waals surface area contributed by atoms with Gasteiger partial charge in [-0.3, -0.25) is 9.48 Å². The second kappa shape index (κ2) is 5.55. The third kappa shape index (κ3) is 3.20. The zero-order chi connectivity index (χ0) is 14.9. The van der Waals surface area contributed by atoms with Gasteiger partial charge >= 0.3 is 0 Å². The van der Waals surface area contributed by atoms with Gasteiger partial charge in [-0.1, -0.05) is 11.6 Å². The Balaban J connectivity index is 2.30. The molecule has 0 bridgehead atoms. The molecule has 0 saturated heterocycles. The third-order valence-corrected chi connectivity index (χ3v) is 4.60. The molecule has 9 heteroatoms. The summed E-state index contributed by atoms with van der Waals surface area (Å²) in [6, 6.07) is 4.52. The molecule has 0 aliphatic heterocycles. The Kier molecular flexibility index (Phi) is 4.17. The first kappa shape index (κ1) is 15.0. The molecule has 1 amide bonds. The predicted molar refractivity (Wildman–Crippen MR) is 77.0 cm³/mol. The zero-order valence-corrected chi connectivity index (χ0v) is 13.3. The zero-order valence-electron chi connectivity index (χ0n) is 10.2. The van der Waals surface area contributed by atoms with Gasteiger partial charge in [0.15, 0.2) is 0 Å². The van der Waals surface area contributed by atoms with Crippen molar-refractivity contribution in [3.8, 4) is 0 Å². The number of carbonyl (C=O) groups excluding carboxylic acids is 1. The Morgan fingerprint density at radius 2 is 2.15 bits per heavy atom. The van der Waals surface area contributed by atoms with Gasteiger partial charge in [-0.25, -0.2) is 13.1 Å². The molecule has 0 unspecified atom stereocenters. The Morgan fingerprint density at radius 3 is 2.75 bits per heavy atom. The topological polar surface area (TPSA) is 81.1 Å². The average Bonchev–Trinajstić information content (AvgIpc) is 2.79. The van der Waals surface area contributed by atoms with Crippen LogP contribution < -0.4 is 4.72 Å². The van der Waals surface area contributed by atoms with Crippen LogP contribution in [-0.4, -0.2) is 24.1 Å². The van der Waals surface area contributed by atoms with Gasteiger partial charge in [0.25, 0.3) is 15.9 Å². The highest BCUT2D eigenvalue weighted by atomic mass is 79.9. The highest BCUT2D eigenvalue weighted by Gasteiger charge is 2.21. The Bertz CT molecular complexity index is 773. The summed E-state index contributed by atoms with van der Waals surface area (Å²) in [5, 5.41) is 4.08. The summed E-state index contributed by atoms with van der Waals surface area (Å²) in [6.45, 7) is 0. The van der Waals surface area contributed by atoms with Gasteiger partial charge in [0, 0.05) is 22.7 Å². The lowest BCUT2D eigenvalue weighted by molar-refractivity contribution is 0.0980. The van der Waals surface area contributed by atoms with Crippen LogP contribution >= 0.6 is 27.5 Å². The van der Waals surface area contributed by atoms with Crippen LogP contribution in [0.1, 0.15) is 10.4 Å². The molecule has 1 aromatic heterocycles. The van der Waals surface area contributed by atoms with Crippen molar-refractivity contribution in [3.05, 3.63) is 45.7 Å². The van der Waals surface area contributed by atoms with E-state index in [2.05, 4.69) is 21.0 Å². The van der Waals surface area contributed by atoms with Crippen molar-refractivity contribution < 1.29 is 13.2 Å². The molecule has 1 N–H and O–H groups in total. The molecule has 0 fully saturated rings. The summed E-state index contributed by atoms with van der Waals surface area (Å²) < 4.78 is 27.7. The maximum Gasteiger partial charge on any atom is 0.267 e. The smallest absolute Gasteiger partial charge is 0.267 e. The fraction of sp³-hybridized carbons (Fsp3) is 0.0909. The van der Waals surface area contributed by atoms with Crippen LogP contribution in [0.3, 0.4) is 0 Å². The number of aryl methyl sites for hydroxylation is 1. The maximum atomic E-state index is 12.0. The van der Waals surface area contributed by atoms with E-state index in [1.165, 1.54) is 16.9 Å². The second-order valence-electron chi connectivity index (χ2n) is 3.91. The van der Waals surface area contributed by atoms with Crippen LogP contribution in [0.2, 0.25) is 5.02 Å². The number of benzene rings is 1. The number of sulfonamides is 1. The summed E-state index contributed by atoms with van der Waals surface area (Å²) >= 11 is 8.96. The van der Waals surface area contributed by atoms with Crippen molar-refractivity contribution >= 4 is 43.5 Å². The molecule has 1 heterocycles. The summed E-state index contributed by atoms with van der Waals surface area (Å²) in [4.78, 5) is 11.9. The van der Waals surface area contributed by atoms with Crippen molar-refractivity contribution in [2.45, 2.75) is 4.90 Å². The lowest BCUT2D eigenvalue weighted by Crippen LogP contribution is -2.30. The highest BCUT2D eigenvalue weighted by molar-refractivity contribution is 9.10. The number of halogens is 2. The largest absolute Gasteiger partial charge is 0.274 e. The molecule has 1 aromatic carbocycles. The summed E-state index contributed by atoms with van der Waals surface area (Å²) in [6.07, 6.45) is 2.45. The third-order valence-electron chi connectivity index (χ3n) is 2.39. The van der Waals surface area contributed by atoms with Crippen molar-refractivity contribution in [1.29, 1.82) is 0 Å². The average molecular weight is 379 g/mol. The number of rotatable bonds is 3. The van der Waals surface area contributed by atoms with Crippen molar-refractivity contribution in [2.75, 3.05) is 0 Å². The van der Waals surface area contributed by atoms with E-state index in [-0.39, 0.29) is 10.5 Å². The van der Waals surface area contributed by atoms with E-state index in [1.807, 2.05) is 4.72 Å². The van der Waals surface area contributed by atoms with Gasteiger partial charge in [0.2, 0.25) is 0 Å². The van der Waals surface area contributed by atoms with Crippen LogP contribution in [0.4, 0.5) is 0 Å². The van der Waals surface area contributed by atoms with Crippen molar-refractivity contribution in [1.82, 2.24) is 14.5 Å². The van der Waals surface area contributed by atoms with E-state index in [9.17, 15) is 13.2 Å². The number of nitrogens with zero attached hydrogens (tertiary/aromatic N) is 2. The molecule has 0 atom stereocenters. The predicted octanol–water partition coefficient (Wildman–Crippen LogP) is 1.95. The van der Waals surface area contributed by atoms with Crippen LogP contribution in [-0.2, 0) is 17.1 Å². The van der Waals surface area contributed by atoms with Crippen LogP contribution in [0, 0.1) is 0 Å². The minimum Gasteiger partial charge on any atom is -0.274 e. The molecular formula is C11H9BrClN3O3S. The fourth-order valence-corrected chi connectivity index (χ4v) is 2.99. The molecule has 0 spiro atoms. The number of hydrogen-bond acceptors (Lipinski definition) is 4. The summed E-state index contributed by atoms with van der Waals surface area (Å²) in [5.41, 5.74) is 0.130. The second-order valence-corrected chi connectivity index (χ2v) is 6.88. The minimum absolute atomic E-state index is 0.0912. The molecule has 6 nitrogen and oxygen atoms in total. The summed E-state index contributed by atoms with van der Waals surface area (Å²) in [7, 11) is -2.39. The highest BCUT2D eigenvalue weighted by Crippen LogP contribution is 2.21. The maximum absolute atomic E-state index is 12.0. The molecule has 2 aromatic rings. The Morgan fingerprint density at radius 1 is 1.45 bits per heavy atom. The number of aromatic nitrogens is 2.